The van der Waals surface area contributed by atoms with Crippen LogP contribution in [0.4, 0.5) is 5.69 Å². The number of hydrogen-bond donors (Lipinski definition) is 1. The van der Waals surface area contributed by atoms with Crippen molar-refractivity contribution in [2.75, 3.05) is 12.3 Å². The molecule has 0 aromatic heterocycles. The Bertz CT molecular complexity index is 523. The Labute approximate surface area is 119 Å². The second kappa shape index (κ2) is 6.60. The number of nitrogens with two attached hydrogens (primary N) is 1. The summed E-state index contributed by atoms with van der Waals surface area (Å²) < 4.78 is 0. The Morgan fingerprint density at radius 2 is 1.68 bits per heavy atom. The standard InChI is InChI=1S/C16H19ClN2/c1-2-19(11-13-7-9-15(18)10-8-13)12-14-5-3-4-6-16(14)17/h3-10H,2,11-12,18H2,1H3. The molecule has 19 heavy (non-hydrogen) atoms. The highest BCUT2D eigenvalue weighted by Crippen LogP contribution is 2.18. The third-order valence-electron chi connectivity index (χ3n) is 3.18. The van der Waals surface area contributed by atoms with Crippen molar-refractivity contribution in [2.24, 2.45) is 0 Å². The van der Waals surface area contributed by atoms with Crippen LogP contribution >= 0.6 is 11.6 Å². The molecule has 0 aliphatic heterocycles. The second-order valence-corrected chi connectivity index (χ2v) is 5.04. The van der Waals surface area contributed by atoms with Crippen LogP contribution in [-0.4, -0.2) is 11.4 Å². The largest absolute Gasteiger partial charge is 0.399 e. The number of benzene rings is 2. The van der Waals surface area contributed by atoms with Gasteiger partial charge in [0.25, 0.3) is 0 Å². The summed E-state index contributed by atoms with van der Waals surface area (Å²) in [5.74, 6) is 0. The van der Waals surface area contributed by atoms with Crippen LogP contribution in [0.5, 0.6) is 0 Å². The lowest BCUT2D eigenvalue weighted by atomic mass is 10.1. The molecule has 3 heteroatoms. The number of rotatable bonds is 5. The molecule has 0 saturated heterocycles. The molecule has 2 N–H and O–H groups in total. The molecule has 0 heterocycles. The van der Waals surface area contributed by atoms with E-state index in [4.69, 9.17) is 17.3 Å². The minimum Gasteiger partial charge on any atom is -0.399 e. The molecular formula is C16H19ClN2. The average molecular weight is 275 g/mol. The quantitative estimate of drug-likeness (QED) is 0.837. The SMILES string of the molecule is CCN(Cc1ccc(N)cc1)Cc1ccccc1Cl. The third kappa shape index (κ3) is 3.98. The van der Waals surface area contributed by atoms with E-state index in [9.17, 15) is 0 Å². The van der Waals surface area contributed by atoms with E-state index in [2.05, 4.69) is 30.0 Å². The third-order valence-corrected chi connectivity index (χ3v) is 3.55. The summed E-state index contributed by atoms with van der Waals surface area (Å²) in [6, 6.07) is 16.0. The van der Waals surface area contributed by atoms with Crippen molar-refractivity contribution in [1.82, 2.24) is 4.90 Å². The number of anilines is 1. The Morgan fingerprint density at radius 3 is 2.32 bits per heavy atom. The zero-order valence-electron chi connectivity index (χ0n) is 11.1. The highest BCUT2D eigenvalue weighted by molar-refractivity contribution is 6.31. The van der Waals surface area contributed by atoms with Crippen LogP contribution in [-0.2, 0) is 13.1 Å². The minimum atomic E-state index is 0.804. The first-order valence-electron chi connectivity index (χ1n) is 6.49. The van der Waals surface area contributed by atoms with Gasteiger partial charge < -0.3 is 5.73 Å². The van der Waals surface area contributed by atoms with Crippen molar-refractivity contribution >= 4 is 17.3 Å². The van der Waals surface area contributed by atoms with Gasteiger partial charge in [-0.25, -0.2) is 0 Å². The van der Waals surface area contributed by atoms with E-state index in [1.54, 1.807) is 0 Å². The van der Waals surface area contributed by atoms with Gasteiger partial charge in [0.05, 0.1) is 0 Å². The molecule has 0 amide bonds. The lowest BCUT2D eigenvalue weighted by molar-refractivity contribution is 0.271. The van der Waals surface area contributed by atoms with E-state index in [0.29, 0.717) is 0 Å². The van der Waals surface area contributed by atoms with Gasteiger partial charge in [0, 0.05) is 23.8 Å². The van der Waals surface area contributed by atoms with Gasteiger partial charge in [0.15, 0.2) is 0 Å². The number of hydrogen-bond acceptors (Lipinski definition) is 2. The Hall–Kier alpha value is -1.51. The van der Waals surface area contributed by atoms with Crippen molar-refractivity contribution in [2.45, 2.75) is 20.0 Å². The maximum atomic E-state index is 6.21. The monoisotopic (exact) mass is 274 g/mol. The van der Waals surface area contributed by atoms with E-state index in [1.165, 1.54) is 11.1 Å². The first-order chi connectivity index (χ1) is 9.19. The number of nitrogen functional groups attached to an aromatic ring is 1. The molecule has 2 aromatic carbocycles. The zero-order valence-corrected chi connectivity index (χ0v) is 11.9. The van der Waals surface area contributed by atoms with Crippen LogP contribution in [0.3, 0.4) is 0 Å². The van der Waals surface area contributed by atoms with Gasteiger partial charge in [-0.05, 0) is 35.9 Å². The summed E-state index contributed by atoms with van der Waals surface area (Å²) in [4.78, 5) is 2.35. The van der Waals surface area contributed by atoms with Crippen LogP contribution in [0.25, 0.3) is 0 Å². The number of nitrogens with zero attached hydrogens (tertiary/aromatic N) is 1. The van der Waals surface area contributed by atoms with Gasteiger partial charge in [-0.15, -0.1) is 0 Å². The first-order valence-corrected chi connectivity index (χ1v) is 6.87. The van der Waals surface area contributed by atoms with E-state index in [1.807, 2.05) is 30.3 Å². The lowest BCUT2D eigenvalue weighted by Crippen LogP contribution is -2.22. The molecule has 0 unspecified atom stereocenters. The lowest BCUT2D eigenvalue weighted by Gasteiger charge is -2.21. The van der Waals surface area contributed by atoms with Gasteiger partial charge in [0.2, 0.25) is 0 Å². The highest BCUT2D eigenvalue weighted by atomic mass is 35.5. The Balaban J connectivity index is 2.05. The van der Waals surface area contributed by atoms with Crippen LogP contribution in [0.2, 0.25) is 5.02 Å². The maximum Gasteiger partial charge on any atom is 0.0451 e. The zero-order chi connectivity index (χ0) is 13.7. The van der Waals surface area contributed by atoms with E-state index >= 15 is 0 Å². The van der Waals surface area contributed by atoms with Crippen molar-refractivity contribution < 1.29 is 0 Å². The van der Waals surface area contributed by atoms with Crippen LogP contribution in [0.15, 0.2) is 48.5 Å². The summed E-state index contributed by atoms with van der Waals surface area (Å²) >= 11 is 6.21. The van der Waals surface area contributed by atoms with E-state index in [-0.39, 0.29) is 0 Å². The molecular weight excluding hydrogens is 256 g/mol. The fourth-order valence-corrected chi connectivity index (χ4v) is 2.22. The predicted octanol–water partition coefficient (Wildman–Crippen LogP) is 3.94. The molecule has 2 aromatic rings. The summed E-state index contributed by atoms with van der Waals surface area (Å²) in [6.45, 7) is 4.91. The minimum absolute atomic E-state index is 0.804. The Morgan fingerprint density at radius 1 is 1.00 bits per heavy atom. The van der Waals surface area contributed by atoms with Crippen LogP contribution < -0.4 is 5.73 Å². The molecule has 2 rings (SSSR count). The fourth-order valence-electron chi connectivity index (χ4n) is 2.03. The summed E-state index contributed by atoms with van der Waals surface area (Å²) in [6.07, 6.45) is 0. The average Bonchev–Trinajstić information content (AvgIpc) is 2.43. The molecule has 0 aliphatic rings. The molecule has 0 radical (unpaired) electrons. The molecule has 0 aliphatic carbocycles. The summed E-state index contributed by atoms with van der Waals surface area (Å²) in [7, 11) is 0. The van der Waals surface area contributed by atoms with Gasteiger partial charge in [0.1, 0.15) is 0 Å². The van der Waals surface area contributed by atoms with Crippen LogP contribution in [0.1, 0.15) is 18.1 Å². The van der Waals surface area contributed by atoms with Crippen molar-refractivity contribution in [3.05, 3.63) is 64.7 Å². The fraction of sp³-hybridized carbons (Fsp3) is 0.250. The summed E-state index contributed by atoms with van der Waals surface area (Å²) in [5.41, 5.74) is 8.94. The molecule has 0 fully saturated rings. The molecule has 0 saturated carbocycles. The molecule has 2 nitrogen and oxygen atoms in total. The normalized spacial score (nSPS) is 10.9. The van der Waals surface area contributed by atoms with Gasteiger partial charge in [-0.2, -0.15) is 0 Å². The smallest absolute Gasteiger partial charge is 0.0451 e. The van der Waals surface area contributed by atoms with Crippen molar-refractivity contribution in [3.8, 4) is 0 Å². The first kappa shape index (κ1) is 13.9. The van der Waals surface area contributed by atoms with E-state index < -0.39 is 0 Å². The van der Waals surface area contributed by atoms with Gasteiger partial charge in [-0.1, -0.05) is 48.9 Å². The molecule has 0 atom stereocenters. The topological polar surface area (TPSA) is 29.3 Å². The second-order valence-electron chi connectivity index (χ2n) is 4.64. The van der Waals surface area contributed by atoms with Crippen molar-refractivity contribution in [3.63, 3.8) is 0 Å². The number of halogens is 1. The van der Waals surface area contributed by atoms with Crippen LogP contribution in [0, 0.1) is 0 Å². The summed E-state index contributed by atoms with van der Waals surface area (Å²) in [5, 5.41) is 0.832. The molecule has 0 bridgehead atoms. The van der Waals surface area contributed by atoms with Gasteiger partial charge in [-0.3, -0.25) is 4.90 Å². The Kier molecular flexibility index (Phi) is 4.83. The van der Waals surface area contributed by atoms with Crippen molar-refractivity contribution in [1.29, 1.82) is 0 Å². The van der Waals surface area contributed by atoms with E-state index in [0.717, 1.165) is 30.3 Å². The molecule has 0 spiro atoms. The highest BCUT2D eigenvalue weighted by Gasteiger charge is 2.07. The maximum absolute atomic E-state index is 6.21. The predicted molar refractivity (Wildman–Crippen MR) is 82.1 cm³/mol. The molecule has 100 valence electrons. The van der Waals surface area contributed by atoms with Gasteiger partial charge >= 0.3 is 0 Å².